The molecule has 1 aromatic carbocycles. The lowest BCUT2D eigenvalue weighted by Gasteiger charge is -2.38. The van der Waals surface area contributed by atoms with Crippen molar-refractivity contribution in [1.29, 1.82) is 0 Å². The topological polar surface area (TPSA) is 55.4 Å². The van der Waals surface area contributed by atoms with Crippen LogP contribution >= 0.6 is 15.9 Å². The molecule has 0 aliphatic rings. The summed E-state index contributed by atoms with van der Waals surface area (Å²) >= 11 is 2.93. The first-order chi connectivity index (χ1) is 10.4. The number of esters is 1. The Kier molecular flexibility index (Phi) is 5.84. The zero-order valence-corrected chi connectivity index (χ0v) is 14.4. The van der Waals surface area contributed by atoms with Gasteiger partial charge in [0.25, 0.3) is 0 Å². The number of halogens is 4. The van der Waals surface area contributed by atoms with Crippen molar-refractivity contribution in [3.63, 3.8) is 0 Å². The van der Waals surface area contributed by atoms with Gasteiger partial charge >= 0.3 is 18.1 Å². The van der Waals surface area contributed by atoms with Crippen molar-refractivity contribution < 1.29 is 27.5 Å². The first-order valence-corrected chi connectivity index (χ1v) is 7.46. The van der Waals surface area contributed by atoms with Crippen LogP contribution in [0.1, 0.15) is 26.3 Å². The molecule has 23 heavy (non-hydrogen) atoms. The molecule has 0 bridgehead atoms. The van der Waals surface area contributed by atoms with Crippen molar-refractivity contribution in [3.05, 3.63) is 35.9 Å². The highest BCUT2D eigenvalue weighted by Gasteiger charge is 2.53. The lowest BCUT2D eigenvalue weighted by molar-refractivity contribution is -0.178. The molecule has 0 aromatic heterocycles. The van der Waals surface area contributed by atoms with E-state index in [0.717, 1.165) is 0 Å². The number of ether oxygens (including phenoxy) is 1. The molecule has 1 aromatic rings. The van der Waals surface area contributed by atoms with E-state index in [1.54, 1.807) is 35.6 Å². The van der Waals surface area contributed by atoms with Gasteiger partial charge in [-0.2, -0.15) is 13.2 Å². The Labute approximate surface area is 140 Å². The summed E-state index contributed by atoms with van der Waals surface area (Å²) in [6.07, 6.45) is -5.11. The normalized spacial score (nSPS) is 14.7. The smallest absolute Gasteiger partial charge is 0.458 e. The third-order valence-corrected chi connectivity index (χ3v) is 4.78. The first-order valence-electron chi connectivity index (χ1n) is 6.67. The van der Waals surface area contributed by atoms with Gasteiger partial charge in [-0.15, -0.1) is 0 Å². The van der Waals surface area contributed by atoms with Crippen LogP contribution in [0.4, 0.5) is 13.2 Å². The maximum absolute atomic E-state index is 12.5. The molecular formula is C15H17BrF3NO3. The molecule has 1 atom stereocenters. The number of hydrogen-bond donors (Lipinski definition) is 1. The Hall–Kier alpha value is -1.57. The van der Waals surface area contributed by atoms with E-state index in [2.05, 4.69) is 15.9 Å². The molecule has 0 heterocycles. The van der Waals surface area contributed by atoms with Crippen LogP contribution in [-0.2, 0) is 20.9 Å². The maximum atomic E-state index is 12.5. The standard InChI is InChI=1S/C15H17BrF3NO3/c1-13(2,3)14(16,20-11(21)15(17,18)19)12(22)23-9-10-7-5-4-6-8-10/h4-8H,9H2,1-3H3,(H,20,21)/t14-/m0/s1. The number of alkyl halides is 4. The van der Waals surface area contributed by atoms with E-state index in [0.29, 0.717) is 5.56 Å². The van der Waals surface area contributed by atoms with Crippen molar-refractivity contribution in [2.75, 3.05) is 0 Å². The Bertz CT molecular complexity index is 570. The molecule has 0 radical (unpaired) electrons. The second kappa shape index (κ2) is 6.90. The van der Waals surface area contributed by atoms with E-state index in [-0.39, 0.29) is 6.61 Å². The van der Waals surface area contributed by atoms with Gasteiger partial charge in [0, 0.05) is 5.41 Å². The number of rotatable bonds is 4. The lowest BCUT2D eigenvalue weighted by Crippen LogP contribution is -2.60. The Morgan fingerprint density at radius 3 is 2.09 bits per heavy atom. The predicted octanol–water partition coefficient (Wildman–Crippen LogP) is 3.55. The largest absolute Gasteiger partial charge is 0.471 e. The SMILES string of the molecule is CC(C)(C)[C@@](Br)(NC(=O)C(F)(F)F)C(=O)OCc1ccccc1. The van der Waals surface area contributed by atoms with Gasteiger partial charge < -0.3 is 10.1 Å². The maximum Gasteiger partial charge on any atom is 0.471 e. The minimum absolute atomic E-state index is 0.120. The van der Waals surface area contributed by atoms with Crippen LogP contribution in [0.15, 0.2) is 30.3 Å². The first kappa shape index (κ1) is 19.5. The van der Waals surface area contributed by atoms with E-state index in [1.807, 2.05) is 0 Å². The summed E-state index contributed by atoms with van der Waals surface area (Å²) in [5.74, 6) is -3.23. The summed E-state index contributed by atoms with van der Waals surface area (Å²) in [4.78, 5) is 23.5. The zero-order chi connectivity index (χ0) is 17.9. The highest BCUT2D eigenvalue weighted by atomic mass is 79.9. The summed E-state index contributed by atoms with van der Waals surface area (Å²) in [5, 5.41) is 1.69. The van der Waals surface area contributed by atoms with Crippen molar-refractivity contribution in [3.8, 4) is 0 Å². The number of nitrogens with one attached hydrogen (secondary N) is 1. The molecule has 1 amide bonds. The molecule has 0 unspecified atom stereocenters. The predicted molar refractivity (Wildman–Crippen MR) is 81.5 cm³/mol. The zero-order valence-electron chi connectivity index (χ0n) is 12.8. The third-order valence-electron chi connectivity index (χ3n) is 3.07. The van der Waals surface area contributed by atoms with E-state index >= 15 is 0 Å². The van der Waals surface area contributed by atoms with Crippen LogP contribution in [0.3, 0.4) is 0 Å². The highest BCUT2D eigenvalue weighted by Crippen LogP contribution is 2.38. The number of carbonyl (C=O) groups is 2. The molecule has 0 spiro atoms. The molecule has 0 aliphatic heterocycles. The Morgan fingerprint density at radius 1 is 1.13 bits per heavy atom. The van der Waals surface area contributed by atoms with E-state index < -0.39 is 27.9 Å². The second-order valence-corrected chi connectivity index (χ2v) is 7.11. The van der Waals surface area contributed by atoms with Gasteiger partial charge in [0.1, 0.15) is 6.61 Å². The molecule has 0 aliphatic carbocycles. The Morgan fingerprint density at radius 2 is 1.65 bits per heavy atom. The van der Waals surface area contributed by atoms with Crippen molar-refractivity contribution in [2.45, 2.75) is 38.0 Å². The number of amides is 1. The fourth-order valence-corrected chi connectivity index (χ4v) is 1.89. The average molecular weight is 396 g/mol. The minimum Gasteiger partial charge on any atom is -0.458 e. The quantitative estimate of drug-likeness (QED) is 0.481. The van der Waals surface area contributed by atoms with Crippen LogP contribution in [-0.4, -0.2) is 22.5 Å². The average Bonchev–Trinajstić information content (AvgIpc) is 2.43. The molecule has 0 saturated heterocycles. The van der Waals surface area contributed by atoms with Gasteiger partial charge in [-0.05, 0) is 21.5 Å². The molecule has 4 nitrogen and oxygen atoms in total. The monoisotopic (exact) mass is 395 g/mol. The molecular weight excluding hydrogens is 379 g/mol. The summed E-state index contributed by atoms with van der Waals surface area (Å²) in [7, 11) is 0. The van der Waals surface area contributed by atoms with Gasteiger partial charge in [0.15, 0.2) is 4.45 Å². The molecule has 0 fully saturated rings. The lowest BCUT2D eigenvalue weighted by atomic mass is 9.86. The van der Waals surface area contributed by atoms with Gasteiger partial charge in [-0.25, -0.2) is 4.79 Å². The summed E-state index contributed by atoms with van der Waals surface area (Å²) in [6, 6.07) is 8.65. The minimum atomic E-state index is -5.11. The fraction of sp³-hybridized carbons (Fsp3) is 0.467. The Balaban J connectivity index is 2.93. The van der Waals surface area contributed by atoms with Crippen LogP contribution in [0, 0.1) is 5.41 Å². The third kappa shape index (κ3) is 4.95. The van der Waals surface area contributed by atoms with Crippen LogP contribution in [0.2, 0.25) is 0 Å². The fourth-order valence-electron chi connectivity index (χ4n) is 1.59. The summed E-state index contributed by atoms with van der Waals surface area (Å²) < 4.78 is 40.5. The van der Waals surface area contributed by atoms with Crippen molar-refractivity contribution >= 4 is 27.8 Å². The van der Waals surface area contributed by atoms with Gasteiger partial charge in [-0.3, -0.25) is 4.79 Å². The summed E-state index contributed by atoms with van der Waals surface area (Å²) in [6.45, 7) is 4.39. The van der Waals surface area contributed by atoms with E-state index in [1.165, 1.54) is 20.8 Å². The second-order valence-electron chi connectivity index (χ2n) is 5.92. The molecule has 0 saturated carbocycles. The van der Waals surface area contributed by atoms with Gasteiger partial charge in [0.2, 0.25) is 0 Å². The van der Waals surface area contributed by atoms with E-state index in [4.69, 9.17) is 4.74 Å². The number of carbonyl (C=O) groups excluding carboxylic acids is 2. The number of hydrogen-bond acceptors (Lipinski definition) is 3. The molecule has 1 N–H and O–H groups in total. The summed E-state index contributed by atoms with van der Waals surface area (Å²) in [5.41, 5.74) is -0.395. The highest BCUT2D eigenvalue weighted by molar-refractivity contribution is 9.10. The molecule has 128 valence electrons. The molecule has 1 rings (SSSR count). The van der Waals surface area contributed by atoms with Crippen LogP contribution in [0.5, 0.6) is 0 Å². The van der Waals surface area contributed by atoms with Crippen molar-refractivity contribution in [2.24, 2.45) is 5.41 Å². The van der Waals surface area contributed by atoms with Crippen LogP contribution in [0.25, 0.3) is 0 Å². The van der Waals surface area contributed by atoms with Crippen LogP contribution < -0.4 is 5.32 Å². The van der Waals surface area contributed by atoms with Crippen molar-refractivity contribution in [1.82, 2.24) is 5.32 Å². The van der Waals surface area contributed by atoms with Gasteiger partial charge in [-0.1, -0.05) is 51.1 Å². The molecule has 8 heteroatoms. The van der Waals surface area contributed by atoms with E-state index in [9.17, 15) is 22.8 Å². The van der Waals surface area contributed by atoms with Gasteiger partial charge in [0.05, 0.1) is 0 Å². The number of benzene rings is 1.